The van der Waals surface area contributed by atoms with Gasteiger partial charge in [-0.15, -0.1) is 0 Å². The second kappa shape index (κ2) is 7.25. The fourth-order valence-electron chi connectivity index (χ4n) is 6.16. The molecule has 4 rings (SSSR count). The summed E-state index contributed by atoms with van der Waals surface area (Å²) in [7, 11) is 2.30. The lowest BCUT2D eigenvalue weighted by Gasteiger charge is -2.65. The smallest absolute Gasteiger partial charge is 0.457 e. The van der Waals surface area contributed by atoms with Gasteiger partial charge in [0.05, 0.1) is 6.10 Å². The van der Waals surface area contributed by atoms with Crippen molar-refractivity contribution >= 4 is 6.16 Å². The minimum absolute atomic E-state index is 0.125. The maximum absolute atomic E-state index is 11.5. The highest BCUT2D eigenvalue weighted by Crippen LogP contribution is 2.62. The lowest BCUT2D eigenvalue weighted by molar-refractivity contribution is -0.0737. The van der Waals surface area contributed by atoms with Gasteiger partial charge in [-0.25, -0.2) is 4.79 Å². The predicted molar refractivity (Wildman–Crippen MR) is 108 cm³/mol. The van der Waals surface area contributed by atoms with Gasteiger partial charge in [-0.1, -0.05) is 25.8 Å². The molecule has 1 saturated heterocycles. The molecule has 1 saturated carbocycles. The van der Waals surface area contributed by atoms with Crippen molar-refractivity contribution in [2.45, 2.75) is 76.9 Å². The number of piperidine rings is 1. The van der Waals surface area contributed by atoms with Crippen LogP contribution in [-0.2, 0) is 21.3 Å². The summed E-state index contributed by atoms with van der Waals surface area (Å²) >= 11 is 0. The van der Waals surface area contributed by atoms with Crippen molar-refractivity contribution in [1.82, 2.24) is 4.90 Å². The van der Waals surface area contributed by atoms with Crippen LogP contribution in [0.5, 0.6) is 5.75 Å². The molecule has 5 nitrogen and oxygen atoms in total. The van der Waals surface area contributed by atoms with Crippen LogP contribution in [0.3, 0.4) is 0 Å². The molecule has 1 aromatic rings. The molecule has 2 aliphatic carbocycles. The summed E-state index contributed by atoms with van der Waals surface area (Å²) in [6, 6.07) is 7.07. The molecule has 1 aliphatic heterocycles. The van der Waals surface area contributed by atoms with Gasteiger partial charge in [0.25, 0.3) is 0 Å². The van der Waals surface area contributed by atoms with Gasteiger partial charge in [0.1, 0.15) is 5.75 Å². The maximum atomic E-state index is 11.5. The second-order valence-electron chi connectivity index (χ2n) is 9.30. The molecule has 1 aromatic carbocycles. The highest BCUT2D eigenvalue weighted by molar-refractivity contribution is 5.59. The summed E-state index contributed by atoms with van der Waals surface area (Å²) in [5, 5.41) is 0. The zero-order valence-electron chi connectivity index (χ0n) is 17.6. The van der Waals surface area contributed by atoms with Gasteiger partial charge >= 0.3 is 6.16 Å². The zero-order chi connectivity index (χ0) is 19.9. The number of likely N-dealkylation sites (N-methyl/N-ethyl adjacent to an activating group) is 1. The van der Waals surface area contributed by atoms with E-state index in [1.54, 1.807) is 13.8 Å². The van der Waals surface area contributed by atoms with E-state index in [1.807, 2.05) is 6.07 Å². The molecule has 154 valence electrons. The van der Waals surface area contributed by atoms with E-state index in [0.29, 0.717) is 11.5 Å². The highest BCUT2D eigenvalue weighted by Gasteiger charge is 2.60. The topological polar surface area (TPSA) is 48.0 Å². The van der Waals surface area contributed by atoms with Gasteiger partial charge in [0, 0.05) is 11.5 Å². The van der Waals surface area contributed by atoms with Crippen LogP contribution in [0.4, 0.5) is 4.79 Å². The first-order chi connectivity index (χ1) is 13.4. The fourth-order valence-corrected chi connectivity index (χ4v) is 6.16. The summed E-state index contributed by atoms with van der Waals surface area (Å²) < 4.78 is 15.8. The summed E-state index contributed by atoms with van der Waals surface area (Å²) in [6.07, 6.45) is 6.64. The van der Waals surface area contributed by atoms with E-state index < -0.39 is 6.16 Å². The molecule has 0 radical (unpaired) electrons. The number of ether oxygens (including phenoxy) is 3. The maximum Gasteiger partial charge on any atom is 0.511 e. The molecule has 28 heavy (non-hydrogen) atoms. The number of hydrogen-bond donors (Lipinski definition) is 0. The Kier molecular flexibility index (Phi) is 5.07. The second-order valence-corrected chi connectivity index (χ2v) is 9.30. The van der Waals surface area contributed by atoms with Crippen molar-refractivity contribution in [3.63, 3.8) is 0 Å². The largest absolute Gasteiger partial charge is 0.511 e. The third-order valence-electron chi connectivity index (χ3n) is 7.55. The van der Waals surface area contributed by atoms with Gasteiger partial charge in [0.2, 0.25) is 6.79 Å². The van der Waals surface area contributed by atoms with Crippen LogP contribution >= 0.6 is 0 Å². The molecule has 3 atom stereocenters. The predicted octanol–water partition coefficient (Wildman–Crippen LogP) is 4.66. The van der Waals surface area contributed by atoms with Crippen LogP contribution < -0.4 is 4.74 Å². The molecule has 0 aromatic heterocycles. The van der Waals surface area contributed by atoms with E-state index in [2.05, 4.69) is 31.0 Å². The molecule has 1 heterocycles. The van der Waals surface area contributed by atoms with Gasteiger partial charge < -0.3 is 19.1 Å². The highest BCUT2D eigenvalue weighted by atomic mass is 16.8. The molecule has 3 aliphatic rings. The molecule has 2 fully saturated rings. The van der Waals surface area contributed by atoms with Crippen LogP contribution in [0.25, 0.3) is 0 Å². The third-order valence-corrected chi connectivity index (χ3v) is 7.55. The number of likely N-dealkylation sites (tertiary alicyclic amines) is 1. The molecule has 0 N–H and O–H groups in total. The van der Waals surface area contributed by atoms with Crippen LogP contribution in [0.1, 0.15) is 64.0 Å². The molecule has 2 bridgehead atoms. The Hall–Kier alpha value is -1.75. The van der Waals surface area contributed by atoms with Crippen molar-refractivity contribution in [2.75, 3.05) is 20.4 Å². The van der Waals surface area contributed by atoms with Gasteiger partial charge in [-0.3, -0.25) is 0 Å². The Morgan fingerprint density at radius 3 is 2.82 bits per heavy atom. The molecule has 0 spiro atoms. The minimum Gasteiger partial charge on any atom is -0.457 e. The Morgan fingerprint density at radius 2 is 2.04 bits per heavy atom. The summed E-state index contributed by atoms with van der Waals surface area (Å²) in [4.78, 5) is 14.1. The van der Waals surface area contributed by atoms with Crippen LogP contribution in [0.2, 0.25) is 0 Å². The van der Waals surface area contributed by atoms with E-state index in [9.17, 15) is 4.79 Å². The summed E-state index contributed by atoms with van der Waals surface area (Å²) in [5.74, 6) is 0.774. The SMILES string of the molecule is CC(C)OC(=O)OCOc1ccc2c(c1)[C@]13CCCC[C@]1(C)[C@H](C2)N(C)CC3. The Balaban J connectivity index is 1.57. The monoisotopic (exact) mass is 387 g/mol. The van der Waals surface area contributed by atoms with Crippen LogP contribution in [0.15, 0.2) is 18.2 Å². The first kappa shape index (κ1) is 19.6. The number of carbonyl (C=O) groups is 1. The van der Waals surface area contributed by atoms with Crippen molar-refractivity contribution in [2.24, 2.45) is 5.41 Å². The van der Waals surface area contributed by atoms with E-state index in [0.717, 1.165) is 18.7 Å². The lowest BCUT2D eigenvalue weighted by Crippen LogP contribution is -2.66. The number of carbonyl (C=O) groups excluding carboxylic acids is 1. The number of nitrogens with zero attached hydrogens (tertiary/aromatic N) is 1. The fraction of sp³-hybridized carbons (Fsp3) is 0.696. The minimum atomic E-state index is -0.690. The quantitative estimate of drug-likeness (QED) is 0.555. The average molecular weight is 388 g/mol. The van der Waals surface area contributed by atoms with E-state index in [-0.39, 0.29) is 18.3 Å². The van der Waals surface area contributed by atoms with Crippen molar-refractivity contribution in [1.29, 1.82) is 0 Å². The first-order valence-electron chi connectivity index (χ1n) is 10.7. The van der Waals surface area contributed by atoms with Crippen LogP contribution in [0, 0.1) is 5.41 Å². The normalized spacial score (nSPS) is 31.7. The van der Waals surface area contributed by atoms with Gasteiger partial charge in [-0.2, -0.15) is 0 Å². The average Bonchev–Trinajstić information content (AvgIpc) is 2.64. The molecule has 0 unspecified atom stereocenters. The molecule has 5 heteroatoms. The van der Waals surface area contributed by atoms with E-state index >= 15 is 0 Å². The zero-order valence-corrected chi connectivity index (χ0v) is 17.6. The Morgan fingerprint density at radius 1 is 1.25 bits per heavy atom. The van der Waals surface area contributed by atoms with E-state index in [4.69, 9.17) is 14.2 Å². The first-order valence-corrected chi connectivity index (χ1v) is 10.7. The Labute approximate surface area is 168 Å². The third kappa shape index (κ3) is 3.08. The summed E-state index contributed by atoms with van der Waals surface area (Å²) in [6.45, 7) is 7.14. The van der Waals surface area contributed by atoms with Crippen LogP contribution in [-0.4, -0.2) is 43.6 Å². The van der Waals surface area contributed by atoms with Crippen molar-refractivity contribution < 1.29 is 19.0 Å². The number of rotatable bonds is 4. The van der Waals surface area contributed by atoms with Gasteiger partial charge in [0.15, 0.2) is 0 Å². The van der Waals surface area contributed by atoms with Gasteiger partial charge in [-0.05, 0) is 81.8 Å². The van der Waals surface area contributed by atoms with E-state index in [1.165, 1.54) is 43.2 Å². The lowest BCUT2D eigenvalue weighted by atomic mass is 9.45. The molecular weight excluding hydrogens is 354 g/mol. The molecule has 0 amide bonds. The number of fused-ring (bicyclic) bond motifs is 1. The number of hydrogen-bond acceptors (Lipinski definition) is 5. The summed E-state index contributed by atoms with van der Waals surface area (Å²) in [5.41, 5.74) is 3.50. The molecular formula is C23H33NO4. The Bertz CT molecular complexity index is 748. The number of benzene rings is 1. The standard InChI is InChI=1S/C23H33NO4/c1-16(2)28-21(25)27-15-26-18-8-7-17-13-20-22(3)9-5-6-10-23(22,19(17)14-18)11-12-24(20)4/h7-8,14,16,20H,5-6,9-13,15H2,1-4H3/t20-,22+,23+/m0/s1. The van der Waals surface area contributed by atoms with Crippen molar-refractivity contribution in [3.8, 4) is 5.75 Å². The van der Waals surface area contributed by atoms with Crippen molar-refractivity contribution in [3.05, 3.63) is 29.3 Å².